The minimum Gasteiger partial charge on any atom is -0.495 e. The zero-order valence-electron chi connectivity index (χ0n) is 9.17. The van der Waals surface area contributed by atoms with Crippen molar-refractivity contribution >= 4 is 21.9 Å². The van der Waals surface area contributed by atoms with Gasteiger partial charge in [-0.3, -0.25) is 0 Å². The van der Waals surface area contributed by atoms with Crippen LogP contribution >= 0.6 is 15.9 Å². The van der Waals surface area contributed by atoms with E-state index in [1.165, 1.54) is 13.2 Å². The van der Waals surface area contributed by atoms with Gasteiger partial charge in [-0.15, -0.1) is 0 Å². The number of esters is 1. The summed E-state index contributed by atoms with van der Waals surface area (Å²) in [5, 5.41) is 0. The summed E-state index contributed by atoms with van der Waals surface area (Å²) in [5.41, 5.74) is -0.755. The van der Waals surface area contributed by atoms with Crippen molar-refractivity contribution in [2.75, 3.05) is 13.7 Å². The van der Waals surface area contributed by atoms with Gasteiger partial charge < -0.3 is 9.47 Å². The highest BCUT2D eigenvalue weighted by Gasteiger charge is 2.21. The highest BCUT2D eigenvalue weighted by Crippen LogP contribution is 2.33. The Hall–Kier alpha value is -1.24. The van der Waals surface area contributed by atoms with Crippen LogP contribution in [0.2, 0.25) is 0 Å². The van der Waals surface area contributed by atoms with E-state index < -0.39 is 18.1 Å². The second-order valence-corrected chi connectivity index (χ2v) is 3.72. The number of aromatic nitrogens is 1. The van der Waals surface area contributed by atoms with Gasteiger partial charge in [-0.2, -0.15) is 0 Å². The molecule has 0 atom stereocenters. The first-order valence-corrected chi connectivity index (χ1v) is 5.50. The fraction of sp³-hybridized carbons (Fsp3) is 0.400. The molecule has 0 saturated heterocycles. The molecule has 1 aromatic heterocycles. The van der Waals surface area contributed by atoms with Crippen LogP contribution in [-0.2, 0) is 4.74 Å². The van der Waals surface area contributed by atoms with Gasteiger partial charge in [0.2, 0.25) is 0 Å². The van der Waals surface area contributed by atoms with Gasteiger partial charge in [0.15, 0.2) is 5.69 Å². The van der Waals surface area contributed by atoms with Gasteiger partial charge in [0, 0.05) is 6.07 Å². The van der Waals surface area contributed by atoms with Gasteiger partial charge in [-0.25, -0.2) is 18.6 Å². The number of carbonyl (C=O) groups excluding carboxylic acids is 1. The average molecular weight is 310 g/mol. The van der Waals surface area contributed by atoms with E-state index >= 15 is 0 Å². The number of pyridine rings is 1. The SMILES string of the molecule is CCOC(=O)c1cc(OC)c(Br)c(C(F)F)n1. The normalized spacial score (nSPS) is 10.5. The largest absolute Gasteiger partial charge is 0.495 e. The van der Waals surface area contributed by atoms with Crippen LogP contribution < -0.4 is 4.74 Å². The third-order valence-corrected chi connectivity index (χ3v) is 2.66. The molecular formula is C10H10BrF2NO3. The zero-order chi connectivity index (χ0) is 13.0. The Kier molecular flexibility index (Phi) is 4.80. The summed E-state index contributed by atoms with van der Waals surface area (Å²) in [5.74, 6) is -0.654. The van der Waals surface area contributed by atoms with Crippen LogP contribution in [0.15, 0.2) is 10.5 Å². The van der Waals surface area contributed by atoms with E-state index in [0.29, 0.717) is 0 Å². The number of ether oxygens (including phenoxy) is 2. The van der Waals surface area contributed by atoms with Crippen molar-refractivity contribution in [3.8, 4) is 5.75 Å². The van der Waals surface area contributed by atoms with Crippen molar-refractivity contribution in [2.45, 2.75) is 13.3 Å². The van der Waals surface area contributed by atoms with Gasteiger partial charge in [0.25, 0.3) is 6.43 Å². The number of alkyl halides is 2. The van der Waals surface area contributed by atoms with E-state index in [-0.39, 0.29) is 22.5 Å². The van der Waals surface area contributed by atoms with Gasteiger partial charge in [-0.1, -0.05) is 0 Å². The molecule has 1 heterocycles. The first kappa shape index (κ1) is 13.8. The molecule has 0 fully saturated rings. The third-order valence-electron chi connectivity index (χ3n) is 1.86. The molecule has 4 nitrogen and oxygen atoms in total. The minimum absolute atomic E-state index is 0.0306. The maximum atomic E-state index is 12.7. The lowest BCUT2D eigenvalue weighted by Gasteiger charge is -2.10. The fourth-order valence-corrected chi connectivity index (χ4v) is 1.67. The number of hydrogen-bond donors (Lipinski definition) is 0. The lowest BCUT2D eigenvalue weighted by atomic mass is 10.3. The fourth-order valence-electron chi connectivity index (χ4n) is 1.13. The van der Waals surface area contributed by atoms with E-state index in [9.17, 15) is 13.6 Å². The van der Waals surface area contributed by atoms with Gasteiger partial charge in [0.1, 0.15) is 11.4 Å². The monoisotopic (exact) mass is 309 g/mol. The van der Waals surface area contributed by atoms with Crippen LogP contribution in [0.4, 0.5) is 8.78 Å². The van der Waals surface area contributed by atoms with Crippen molar-refractivity contribution < 1.29 is 23.0 Å². The first-order valence-electron chi connectivity index (χ1n) is 4.71. The second-order valence-electron chi connectivity index (χ2n) is 2.93. The van der Waals surface area contributed by atoms with Gasteiger partial charge in [-0.05, 0) is 22.9 Å². The minimum atomic E-state index is -2.81. The standard InChI is InChI=1S/C10H10BrF2NO3/c1-3-17-10(15)5-4-6(16-2)7(11)8(14-5)9(12)13/h4,9H,3H2,1-2H3. The Bertz CT molecular complexity index is 426. The molecule has 1 rings (SSSR count). The second kappa shape index (κ2) is 5.90. The summed E-state index contributed by atoms with van der Waals surface area (Å²) in [4.78, 5) is 14.9. The number of nitrogens with zero attached hydrogens (tertiary/aromatic N) is 1. The quantitative estimate of drug-likeness (QED) is 0.802. The number of methoxy groups -OCH3 is 1. The van der Waals surface area contributed by atoms with Crippen molar-refractivity contribution in [1.29, 1.82) is 0 Å². The predicted molar refractivity (Wildman–Crippen MR) is 59.4 cm³/mol. The average Bonchev–Trinajstić information content (AvgIpc) is 2.29. The number of rotatable bonds is 4. The van der Waals surface area contributed by atoms with Crippen LogP contribution in [-0.4, -0.2) is 24.7 Å². The molecule has 0 radical (unpaired) electrons. The first-order chi connectivity index (χ1) is 8.01. The van der Waals surface area contributed by atoms with Crippen LogP contribution in [0.25, 0.3) is 0 Å². The summed E-state index contributed by atoms with van der Waals surface area (Å²) < 4.78 is 34.9. The van der Waals surface area contributed by atoms with Crippen LogP contribution in [0, 0.1) is 0 Å². The molecule has 0 unspecified atom stereocenters. The summed E-state index contributed by atoms with van der Waals surface area (Å²) in [6, 6.07) is 1.24. The van der Waals surface area contributed by atoms with Gasteiger partial charge >= 0.3 is 5.97 Å². The molecule has 0 aliphatic carbocycles. The summed E-state index contributed by atoms with van der Waals surface area (Å²) in [6.45, 7) is 1.75. The molecule has 0 aliphatic heterocycles. The van der Waals surface area contributed by atoms with E-state index in [1.54, 1.807) is 6.92 Å². The molecule has 7 heteroatoms. The molecule has 0 amide bonds. The topological polar surface area (TPSA) is 48.4 Å². The van der Waals surface area contributed by atoms with E-state index in [2.05, 4.69) is 25.7 Å². The number of carbonyl (C=O) groups is 1. The molecule has 17 heavy (non-hydrogen) atoms. The molecule has 0 spiro atoms. The smallest absolute Gasteiger partial charge is 0.357 e. The van der Waals surface area contributed by atoms with E-state index in [1.807, 2.05) is 0 Å². The summed E-state index contributed by atoms with van der Waals surface area (Å²) in [6.07, 6.45) is -2.81. The number of halogens is 3. The Morgan fingerprint density at radius 2 is 2.24 bits per heavy atom. The maximum absolute atomic E-state index is 12.7. The molecule has 1 aromatic rings. The van der Waals surface area contributed by atoms with Crippen LogP contribution in [0.5, 0.6) is 5.75 Å². The molecule has 0 aromatic carbocycles. The lowest BCUT2D eigenvalue weighted by molar-refractivity contribution is 0.0517. The highest BCUT2D eigenvalue weighted by atomic mass is 79.9. The Morgan fingerprint density at radius 3 is 2.71 bits per heavy atom. The van der Waals surface area contributed by atoms with Crippen molar-refractivity contribution in [3.63, 3.8) is 0 Å². The van der Waals surface area contributed by atoms with Gasteiger partial charge in [0.05, 0.1) is 18.2 Å². The van der Waals surface area contributed by atoms with Crippen molar-refractivity contribution in [1.82, 2.24) is 4.98 Å². The maximum Gasteiger partial charge on any atom is 0.357 e. The molecule has 0 saturated carbocycles. The van der Waals surface area contributed by atoms with Crippen molar-refractivity contribution in [3.05, 3.63) is 21.9 Å². The van der Waals surface area contributed by atoms with Crippen LogP contribution in [0.3, 0.4) is 0 Å². The summed E-state index contributed by atoms with van der Waals surface area (Å²) in [7, 11) is 1.31. The highest BCUT2D eigenvalue weighted by molar-refractivity contribution is 9.10. The predicted octanol–water partition coefficient (Wildman–Crippen LogP) is 2.97. The van der Waals surface area contributed by atoms with Crippen molar-refractivity contribution in [2.24, 2.45) is 0 Å². The summed E-state index contributed by atoms with van der Waals surface area (Å²) >= 11 is 2.94. The Labute approximate surface area is 105 Å². The molecule has 0 bridgehead atoms. The zero-order valence-corrected chi connectivity index (χ0v) is 10.8. The molecule has 0 aliphatic rings. The Balaban J connectivity index is 3.25. The lowest BCUT2D eigenvalue weighted by Crippen LogP contribution is -2.10. The van der Waals surface area contributed by atoms with E-state index in [4.69, 9.17) is 4.74 Å². The van der Waals surface area contributed by atoms with Crippen LogP contribution in [0.1, 0.15) is 29.5 Å². The number of hydrogen-bond acceptors (Lipinski definition) is 4. The van der Waals surface area contributed by atoms with E-state index in [0.717, 1.165) is 0 Å². The Morgan fingerprint density at radius 1 is 1.59 bits per heavy atom. The molecular weight excluding hydrogens is 300 g/mol. The third kappa shape index (κ3) is 3.12. The molecule has 94 valence electrons. The molecule has 0 N–H and O–H groups in total.